The molecule has 1 saturated heterocycles. The Kier molecular flexibility index (Phi) is 13.1. The molecule has 61 heavy (non-hydrogen) atoms. The molecule has 0 bridgehead atoms. The van der Waals surface area contributed by atoms with Gasteiger partial charge in [-0.15, -0.1) is 5.10 Å². The summed E-state index contributed by atoms with van der Waals surface area (Å²) in [6.45, 7) is 11.5. The molecule has 0 aliphatic carbocycles. The van der Waals surface area contributed by atoms with E-state index in [1.807, 2.05) is 20.8 Å². The molecule has 6 rings (SSSR count). The van der Waals surface area contributed by atoms with Crippen LogP contribution in [0.2, 0.25) is 5.02 Å². The lowest BCUT2D eigenvalue weighted by molar-refractivity contribution is -0.161. The fourth-order valence-corrected chi connectivity index (χ4v) is 6.61. The molecule has 3 aromatic carbocycles. The lowest BCUT2D eigenvalue weighted by Crippen LogP contribution is -2.49. The fraction of sp³-hybridized carbons (Fsp3) is 0.357. The van der Waals surface area contributed by atoms with Crippen molar-refractivity contribution in [2.75, 3.05) is 29.0 Å². The number of nitrogens with one attached hydrogen (secondary N) is 5. The average molecular weight is 855 g/mol. The highest BCUT2D eigenvalue weighted by atomic mass is 35.5. The Bertz CT molecular complexity index is 2430. The molecule has 5 N–H and O–H groups in total. The summed E-state index contributed by atoms with van der Waals surface area (Å²) in [6.07, 6.45) is 2.22. The van der Waals surface area contributed by atoms with Crippen molar-refractivity contribution < 1.29 is 38.2 Å². The number of halogens is 1. The molecule has 3 heterocycles. The predicted molar refractivity (Wildman–Crippen MR) is 226 cm³/mol. The van der Waals surface area contributed by atoms with Gasteiger partial charge in [0.2, 0.25) is 5.91 Å². The first kappa shape index (κ1) is 43.8. The molecule has 5 amide bonds. The number of aromatic amines is 1. The van der Waals surface area contributed by atoms with Crippen molar-refractivity contribution in [2.24, 2.45) is 5.92 Å². The van der Waals surface area contributed by atoms with Gasteiger partial charge in [-0.2, -0.15) is 4.68 Å². The maximum Gasteiger partial charge on any atom is 0.355 e. The Morgan fingerprint density at radius 1 is 0.820 bits per heavy atom. The average Bonchev–Trinajstić information content (AvgIpc) is 3.88. The molecule has 19 heteroatoms. The Morgan fingerprint density at radius 2 is 1.51 bits per heavy atom. The van der Waals surface area contributed by atoms with Gasteiger partial charge in [0.15, 0.2) is 0 Å². The number of aromatic nitrogens is 5. The zero-order valence-electron chi connectivity index (χ0n) is 34.5. The van der Waals surface area contributed by atoms with E-state index >= 15 is 0 Å². The molecular weight excluding hydrogens is 808 g/mol. The molecule has 2 aromatic heterocycles. The molecule has 1 aliphatic rings. The van der Waals surface area contributed by atoms with Crippen molar-refractivity contribution in [1.82, 2.24) is 35.4 Å². The lowest BCUT2D eigenvalue weighted by atomic mass is 9.97. The number of H-pyrrole nitrogens is 1. The topological polar surface area (TPSA) is 232 Å². The van der Waals surface area contributed by atoms with Crippen molar-refractivity contribution in [3.05, 3.63) is 89.3 Å². The van der Waals surface area contributed by atoms with Gasteiger partial charge in [0.25, 0.3) is 0 Å². The summed E-state index contributed by atoms with van der Waals surface area (Å²) in [5, 5.41) is 22.7. The molecule has 0 spiro atoms. The second-order valence-electron chi connectivity index (χ2n) is 16.5. The van der Waals surface area contributed by atoms with Crippen LogP contribution in [0.4, 0.5) is 21.9 Å². The van der Waals surface area contributed by atoms with E-state index in [9.17, 15) is 28.8 Å². The number of likely N-dealkylation sites (tertiary alicyclic amines) is 1. The first-order chi connectivity index (χ1) is 28.8. The Morgan fingerprint density at radius 3 is 2.16 bits per heavy atom. The number of ether oxygens (including phenoxy) is 2. The van der Waals surface area contributed by atoms with Gasteiger partial charge in [0, 0.05) is 46.8 Å². The molecule has 1 fully saturated rings. The highest BCUT2D eigenvalue weighted by Gasteiger charge is 2.31. The monoisotopic (exact) mass is 854 g/mol. The highest BCUT2D eigenvalue weighted by molar-refractivity contribution is 6.40. The summed E-state index contributed by atoms with van der Waals surface area (Å²) in [6, 6.07) is 16.2. The van der Waals surface area contributed by atoms with E-state index in [1.165, 1.54) is 17.1 Å². The van der Waals surface area contributed by atoms with Crippen LogP contribution in [0.25, 0.3) is 16.6 Å². The minimum atomic E-state index is -1.28. The highest BCUT2D eigenvalue weighted by Crippen LogP contribution is 2.26. The minimum absolute atomic E-state index is 0.0561. The molecule has 1 atom stereocenters. The summed E-state index contributed by atoms with van der Waals surface area (Å²) < 4.78 is 12.3. The summed E-state index contributed by atoms with van der Waals surface area (Å²) >= 11 is 6.19. The number of tetrazole rings is 1. The zero-order valence-corrected chi connectivity index (χ0v) is 35.3. The van der Waals surface area contributed by atoms with E-state index in [4.69, 9.17) is 21.1 Å². The van der Waals surface area contributed by atoms with Crippen molar-refractivity contribution in [2.45, 2.75) is 78.0 Å². The van der Waals surface area contributed by atoms with Crippen LogP contribution < -0.4 is 21.3 Å². The van der Waals surface area contributed by atoms with Crippen molar-refractivity contribution in [3.8, 4) is 5.69 Å². The second-order valence-corrected chi connectivity index (χ2v) is 16.9. The summed E-state index contributed by atoms with van der Waals surface area (Å²) in [4.78, 5) is 83.7. The number of hydrogen-bond acceptors (Lipinski definition) is 11. The molecule has 1 unspecified atom stereocenters. The number of nitrogens with zero attached hydrogens (tertiary/aromatic N) is 5. The third kappa shape index (κ3) is 11.9. The number of carbonyl (C=O) groups excluding carboxylic acids is 6. The van der Waals surface area contributed by atoms with Gasteiger partial charge in [-0.3, -0.25) is 19.2 Å². The number of urea groups is 1. The Hall–Kier alpha value is -6.82. The smallest absolute Gasteiger partial charge is 0.355 e. The maximum atomic E-state index is 13.9. The van der Waals surface area contributed by atoms with E-state index in [0.29, 0.717) is 59.5 Å². The number of fused-ring (bicyclic) bond motifs is 1. The maximum absolute atomic E-state index is 13.9. The fourth-order valence-electron chi connectivity index (χ4n) is 6.44. The van der Waals surface area contributed by atoms with E-state index in [0.717, 1.165) is 0 Å². The van der Waals surface area contributed by atoms with Crippen molar-refractivity contribution >= 4 is 75.3 Å². The first-order valence-electron chi connectivity index (χ1n) is 19.5. The summed E-state index contributed by atoms with van der Waals surface area (Å²) in [7, 11) is 0. The number of amides is 5. The van der Waals surface area contributed by atoms with Crippen LogP contribution in [0.3, 0.4) is 0 Å². The summed E-state index contributed by atoms with van der Waals surface area (Å²) in [5.41, 5.74) is 1.47. The second kappa shape index (κ2) is 18.2. The van der Waals surface area contributed by atoms with Gasteiger partial charge >= 0.3 is 29.8 Å². The normalized spacial score (nSPS) is 13.9. The Balaban J connectivity index is 1.15. The van der Waals surface area contributed by atoms with E-state index < -0.39 is 40.9 Å². The van der Waals surface area contributed by atoms with E-state index in [2.05, 4.69) is 41.8 Å². The summed E-state index contributed by atoms with van der Waals surface area (Å²) in [5.74, 6) is -3.94. The number of esters is 2. The lowest BCUT2D eigenvalue weighted by Gasteiger charge is -2.32. The number of piperidine rings is 1. The molecular formula is C42H47ClN10O8. The molecule has 0 radical (unpaired) electrons. The predicted octanol–water partition coefficient (Wildman–Crippen LogP) is 5.64. The Labute approximate surface area is 356 Å². The van der Waals surface area contributed by atoms with Crippen molar-refractivity contribution in [3.63, 3.8) is 0 Å². The molecule has 18 nitrogen and oxygen atoms in total. The molecule has 5 aromatic rings. The van der Waals surface area contributed by atoms with Crippen LogP contribution in [0.5, 0.6) is 0 Å². The minimum Gasteiger partial charge on any atom is -0.460 e. The number of benzene rings is 3. The largest absolute Gasteiger partial charge is 0.460 e. The van der Waals surface area contributed by atoms with Gasteiger partial charge in [-0.1, -0.05) is 23.7 Å². The zero-order chi connectivity index (χ0) is 44.1. The molecule has 0 saturated carbocycles. The first-order valence-corrected chi connectivity index (χ1v) is 19.9. The molecule has 320 valence electrons. The SMILES string of the molecule is CC(C)(C)OC(=O)c1cc2cc(NC(=O)C(Cc3ccc(NC(=O)N4CCC(C(=O)OC(C)(C)C)CC4)cc3)NC(=O)C(=O)Nc3cc(Cl)ccc3-n3cnnn3)ccc2[nH]1. The quantitative estimate of drug-likeness (QED) is 0.0852. The molecule has 1 aliphatic heterocycles. The standard InChI is InChI=1S/C42H47ClN10O8/c1-41(2,3)60-38(57)25-15-17-52(18-16-25)40(59)46-28-10-7-24(8-11-28)19-32(49-37(56)36(55)48-31-22-27(43)9-14-34(31)53-23-44-50-51-53)35(54)45-29-12-13-30-26(20-29)21-33(47-30)39(58)61-42(4,5)6/h7-14,20-23,25,32,47H,15-19H2,1-6H3,(H,45,54)(H,46,59)(H,48,55)(H,49,56). The van der Waals surface area contributed by atoms with Gasteiger partial charge < -0.3 is 40.6 Å². The third-order valence-corrected chi connectivity index (χ3v) is 9.54. The van der Waals surface area contributed by atoms with Crippen LogP contribution in [0.15, 0.2) is 73.1 Å². The number of hydrogen-bond donors (Lipinski definition) is 5. The third-order valence-electron chi connectivity index (χ3n) is 9.31. The van der Waals surface area contributed by atoms with Crippen LogP contribution >= 0.6 is 11.6 Å². The van der Waals surface area contributed by atoms with Crippen molar-refractivity contribution in [1.29, 1.82) is 0 Å². The number of carbonyl (C=O) groups is 6. The number of rotatable bonds is 10. The van der Waals surface area contributed by atoms with Gasteiger partial charge in [0.05, 0.1) is 17.3 Å². The van der Waals surface area contributed by atoms with E-state index in [1.54, 1.807) is 86.3 Å². The van der Waals surface area contributed by atoms with Gasteiger partial charge in [-0.25, -0.2) is 9.59 Å². The van der Waals surface area contributed by atoms with Gasteiger partial charge in [0.1, 0.15) is 29.3 Å². The van der Waals surface area contributed by atoms with Crippen LogP contribution in [0, 0.1) is 5.92 Å². The van der Waals surface area contributed by atoms with Crippen LogP contribution in [0.1, 0.15) is 70.4 Å². The number of anilines is 3. The van der Waals surface area contributed by atoms with Gasteiger partial charge in [-0.05, 0) is 125 Å². The van der Waals surface area contributed by atoms with Crippen LogP contribution in [-0.4, -0.2) is 96.1 Å². The van der Waals surface area contributed by atoms with E-state index in [-0.39, 0.29) is 40.7 Å². The van der Waals surface area contributed by atoms with Crippen LogP contribution in [-0.2, 0) is 35.1 Å².